The lowest BCUT2D eigenvalue weighted by molar-refractivity contribution is -0.147. The smallest absolute Gasteiger partial charge is 0.387 e. The Morgan fingerprint density at radius 3 is 2.50 bits per heavy atom. The van der Waals surface area contributed by atoms with Crippen LogP contribution in [0.15, 0.2) is 18.2 Å². The van der Waals surface area contributed by atoms with E-state index in [1.165, 1.54) is 0 Å². The van der Waals surface area contributed by atoms with Crippen molar-refractivity contribution < 1.29 is 33.3 Å². The molecule has 0 saturated carbocycles. The normalized spacial score (nSPS) is 12.2. The molecule has 0 aliphatic heterocycles. The average molecular weight is 353 g/mol. The van der Waals surface area contributed by atoms with E-state index >= 15 is 0 Å². The summed E-state index contributed by atoms with van der Waals surface area (Å²) in [6.45, 7) is -3.04. The average Bonchev–Trinajstić information content (AvgIpc) is 2.37. The molecular weight excluding hydrogens is 342 g/mol. The molecule has 1 unspecified atom stereocenters. The number of carboxylic acids is 1. The Balaban J connectivity index is 3.15. The molecule has 0 aromatic heterocycles. The van der Waals surface area contributed by atoms with Gasteiger partial charge in [0.15, 0.2) is 6.10 Å². The maximum Gasteiger partial charge on any atom is 0.387 e. The summed E-state index contributed by atoms with van der Waals surface area (Å²) < 4.78 is 28.4. The van der Waals surface area contributed by atoms with Crippen molar-refractivity contribution in [3.8, 4) is 5.75 Å². The van der Waals surface area contributed by atoms with Crippen LogP contribution in [-0.4, -0.2) is 33.9 Å². The van der Waals surface area contributed by atoms with Crippen LogP contribution in [0.5, 0.6) is 5.75 Å². The van der Waals surface area contributed by atoms with Gasteiger partial charge in [0.1, 0.15) is 11.5 Å². The molecule has 5 nitrogen and oxygen atoms in total. The maximum absolute atomic E-state index is 12.1. The van der Waals surface area contributed by atoms with Crippen LogP contribution in [0, 0.1) is 0 Å². The van der Waals surface area contributed by atoms with Crippen molar-refractivity contribution in [2.45, 2.75) is 19.1 Å². The number of carbonyl (C=O) groups excluding carboxylic acids is 1. The monoisotopic (exact) mass is 352 g/mol. The Kier molecular flexibility index (Phi) is 6.03. The minimum Gasteiger partial charge on any atom is -0.479 e. The lowest BCUT2D eigenvalue weighted by atomic mass is 9.98. The topological polar surface area (TPSA) is 83.8 Å². The molecule has 8 heteroatoms. The van der Waals surface area contributed by atoms with E-state index in [1.54, 1.807) is 0 Å². The SMILES string of the molecule is O=C(CBr)Cc1cc(OC(F)F)ccc1C(O)C(=O)O. The number of ether oxygens (including phenoxy) is 1. The third-order valence-electron chi connectivity index (χ3n) is 2.40. The van der Waals surface area contributed by atoms with Crippen LogP contribution in [0.4, 0.5) is 8.78 Å². The highest BCUT2D eigenvalue weighted by molar-refractivity contribution is 9.09. The minimum atomic E-state index is -3.04. The lowest BCUT2D eigenvalue weighted by Crippen LogP contribution is -2.15. The molecule has 0 amide bonds. The summed E-state index contributed by atoms with van der Waals surface area (Å²) in [7, 11) is 0. The number of aliphatic carboxylic acids is 1. The first-order valence-corrected chi connectivity index (χ1v) is 6.53. The molecule has 0 aliphatic carbocycles. The van der Waals surface area contributed by atoms with Gasteiger partial charge in [-0.3, -0.25) is 4.79 Å². The maximum atomic E-state index is 12.1. The van der Waals surface area contributed by atoms with E-state index in [1.807, 2.05) is 0 Å². The second kappa shape index (κ2) is 7.30. The summed E-state index contributed by atoms with van der Waals surface area (Å²) in [6.07, 6.45) is -2.04. The van der Waals surface area contributed by atoms with E-state index in [2.05, 4.69) is 20.7 Å². The minimum absolute atomic E-state index is 0.0234. The van der Waals surface area contributed by atoms with Gasteiger partial charge in [-0.15, -0.1) is 0 Å². The van der Waals surface area contributed by atoms with Gasteiger partial charge in [-0.2, -0.15) is 8.78 Å². The molecule has 1 atom stereocenters. The highest BCUT2D eigenvalue weighted by atomic mass is 79.9. The Labute approximate surface area is 121 Å². The van der Waals surface area contributed by atoms with E-state index in [9.17, 15) is 23.5 Å². The lowest BCUT2D eigenvalue weighted by Gasteiger charge is -2.14. The molecule has 0 bridgehead atoms. The first kappa shape index (κ1) is 16.5. The fraction of sp³-hybridized carbons (Fsp3) is 0.333. The zero-order valence-corrected chi connectivity index (χ0v) is 11.6. The Morgan fingerprint density at radius 1 is 1.35 bits per heavy atom. The molecule has 0 heterocycles. The summed E-state index contributed by atoms with van der Waals surface area (Å²) in [4.78, 5) is 22.2. The number of Topliss-reactive ketones (excluding diaryl/α,β-unsaturated/α-hetero) is 1. The van der Waals surface area contributed by atoms with Gasteiger partial charge < -0.3 is 14.9 Å². The van der Waals surface area contributed by atoms with E-state index in [4.69, 9.17) is 5.11 Å². The van der Waals surface area contributed by atoms with Crippen molar-refractivity contribution in [2.24, 2.45) is 0 Å². The second-order valence-electron chi connectivity index (χ2n) is 3.83. The van der Waals surface area contributed by atoms with E-state index in [0.717, 1.165) is 18.2 Å². The number of hydrogen-bond donors (Lipinski definition) is 2. The van der Waals surface area contributed by atoms with Gasteiger partial charge in [-0.25, -0.2) is 4.79 Å². The van der Waals surface area contributed by atoms with Gasteiger partial charge in [-0.05, 0) is 23.3 Å². The fourth-order valence-corrected chi connectivity index (χ4v) is 1.77. The molecule has 0 radical (unpaired) electrons. The van der Waals surface area contributed by atoms with Crippen LogP contribution in [0.1, 0.15) is 17.2 Å². The first-order chi connectivity index (χ1) is 9.35. The van der Waals surface area contributed by atoms with Gasteiger partial charge in [-0.1, -0.05) is 22.0 Å². The van der Waals surface area contributed by atoms with Crippen molar-refractivity contribution in [3.05, 3.63) is 29.3 Å². The summed E-state index contributed by atoms with van der Waals surface area (Å²) in [6, 6.07) is 3.37. The molecule has 0 spiro atoms. The van der Waals surface area contributed by atoms with Gasteiger partial charge in [0, 0.05) is 6.42 Å². The number of aliphatic hydroxyl groups excluding tert-OH is 1. The molecule has 1 rings (SSSR count). The molecule has 2 N–H and O–H groups in total. The molecule has 0 saturated heterocycles. The number of ketones is 1. The van der Waals surface area contributed by atoms with Crippen LogP contribution < -0.4 is 4.74 Å². The number of halogens is 3. The fourth-order valence-electron chi connectivity index (χ4n) is 1.57. The quantitative estimate of drug-likeness (QED) is 0.732. The number of rotatable bonds is 7. The number of aliphatic hydroxyl groups is 1. The predicted octanol–water partition coefficient (Wildman–Crippen LogP) is 1.91. The van der Waals surface area contributed by atoms with Gasteiger partial charge in [0.25, 0.3) is 0 Å². The molecular formula is C12H11BrF2O5. The summed E-state index contributed by atoms with van der Waals surface area (Å²) in [5.74, 6) is -2.00. The van der Waals surface area contributed by atoms with Gasteiger partial charge >= 0.3 is 12.6 Å². The highest BCUT2D eigenvalue weighted by Crippen LogP contribution is 2.25. The van der Waals surface area contributed by atoms with E-state index < -0.39 is 18.7 Å². The van der Waals surface area contributed by atoms with Gasteiger partial charge in [0.05, 0.1) is 5.33 Å². The van der Waals surface area contributed by atoms with Crippen molar-refractivity contribution in [1.82, 2.24) is 0 Å². The summed E-state index contributed by atoms with van der Waals surface area (Å²) in [5, 5.41) is 18.3. The molecule has 20 heavy (non-hydrogen) atoms. The zero-order chi connectivity index (χ0) is 15.3. The molecule has 0 fully saturated rings. The Bertz CT molecular complexity index is 507. The third kappa shape index (κ3) is 4.53. The van der Waals surface area contributed by atoms with Gasteiger partial charge in [0.2, 0.25) is 0 Å². The number of carboxylic acid groups (broad SMARTS) is 1. The second-order valence-corrected chi connectivity index (χ2v) is 4.39. The van der Waals surface area contributed by atoms with Crippen LogP contribution in [0.2, 0.25) is 0 Å². The molecule has 1 aromatic carbocycles. The van der Waals surface area contributed by atoms with Crippen molar-refractivity contribution >= 4 is 27.7 Å². The van der Waals surface area contributed by atoms with Crippen LogP contribution in [-0.2, 0) is 16.0 Å². The summed E-state index contributed by atoms with van der Waals surface area (Å²) >= 11 is 2.94. The van der Waals surface area contributed by atoms with E-state index in [-0.39, 0.29) is 34.4 Å². The first-order valence-electron chi connectivity index (χ1n) is 5.41. The zero-order valence-electron chi connectivity index (χ0n) is 10.1. The highest BCUT2D eigenvalue weighted by Gasteiger charge is 2.21. The molecule has 110 valence electrons. The standard InChI is InChI=1S/C12H11BrF2O5/c13-5-7(16)3-6-4-8(20-12(14)15)1-2-9(6)10(17)11(18)19/h1-2,4,10,12,17H,3,5H2,(H,18,19). The van der Waals surface area contributed by atoms with Crippen molar-refractivity contribution in [1.29, 1.82) is 0 Å². The van der Waals surface area contributed by atoms with Crippen LogP contribution in [0.25, 0.3) is 0 Å². The number of hydrogen-bond acceptors (Lipinski definition) is 4. The summed E-state index contributed by atoms with van der Waals surface area (Å²) in [5.41, 5.74) is 0.0934. The van der Waals surface area contributed by atoms with Crippen molar-refractivity contribution in [3.63, 3.8) is 0 Å². The Hall–Kier alpha value is -1.54. The van der Waals surface area contributed by atoms with E-state index in [0.29, 0.717) is 0 Å². The number of carbonyl (C=O) groups is 2. The van der Waals surface area contributed by atoms with Crippen LogP contribution in [0.3, 0.4) is 0 Å². The molecule has 1 aromatic rings. The molecule has 0 aliphatic rings. The Morgan fingerprint density at radius 2 is 2.00 bits per heavy atom. The predicted molar refractivity (Wildman–Crippen MR) is 68.2 cm³/mol. The van der Waals surface area contributed by atoms with Crippen LogP contribution >= 0.6 is 15.9 Å². The third-order valence-corrected chi connectivity index (χ3v) is 3.03. The number of alkyl halides is 3. The largest absolute Gasteiger partial charge is 0.479 e. The number of benzene rings is 1. The van der Waals surface area contributed by atoms with Crippen molar-refractivity contribution in [2.75, 3.05) is 5.33 Å².